The lowest BCUT2D eigenvalue weighted by atomic mass is 10.1. The Morgan fingerprint density at radius 2 is 0.480 bits per heavy atom. The average Bonchev–Trinajstić information content (AvgIpc) is 3.41. The van der Waals surface area contributed by atoms with Gasteiger partial charge in [0.15, 0.2) is 6.10 Å². The minimum absolute atomic E-state index is 0.0776. The summed E-state index contributed by atoms with van der Waals surface area (Å²) < 4.78 is 17.0. The zero-order chi connectivity index (χ0) is 54.3. The van der Waals surface area contributed by atoms with E-state index in [4.69, 9.17) is 14.2 Å². The van der Waals surface area contributed by atoms with Gasteiger partial charge in [-0.2, -0.15) is 0 Å². The second kappa shape index (κ2) is 63.6. The molecule has 436 valence electrons. The van der Waals surface area contributed by atoms with E-state index >= 15 is 0 Å². The molecule has 0 saturated carbocycles. The largest absolute Gasteiger partial charge is 0.462 e. The zero-order valence-corrected chi connectivity index (χ0v) is 50.1. The van der Waals surface area contributed by atoms with Gasteiger partial charge in [-0.05, 0) is 109 Å². The Balaban J connectivity index is 4.37. The van der Waals surface area contributed by atoms with Crippen molar-refractivity contribution in [1.29, 1.82) is 0 Å². The van der Waals surface area contributed by atoms with Crippen LogP contribution >= 0.6 is 0 Å². The summed E-state index contributed by atoms with van der Waals surface area (Å²) in [5.41, 5.74) is 0. The number of hydrogen-bond acceptors (Lipinski definition) is 6. The first kappa shape index (κ1) is 72.1. The molecule has 1 unspecified atom stereocenters. The molecule has 0 fully saturated rings. The van der Waals surface area contributed by atoms with Crippen LogP contribution in [0.25, 0.3) is 0 Å². The molecule has 0 aliphatic carbocycles. The molecule has 0 aromatic heterocycles. The number of ether oxygens (including phenoxy) is 3. The lowest BCUT2D eigenvalue weighted by Crippen LogP contribution is -2.30. The minimum atomic E-state index is -0.781. The molecular weight excluding hydrogens is 925 g/mol. The van der Waals surface area contributed by atoms with Gasteiger partial charge < -0.3 is 14.2 Å². The van der Waals surface area contributed by atoms with Gasteiger partial charge in [-0.15, -0.1) is 0 Å². The Bertz CT molecular complexity index is 1340. The van der Waals surface area contributed by atoms with Crippen LogP contribution in [0.4, 0.5) is 0 Å². The van der Waals surface area contributed by atoms with E-state index in [2.05, 4.69) is 81.5 Å². The maximum atomic E-state index is 12.9. The van der Waals surface area contributed by atoms with Crippen LogP contribution in [0.3, 0.4) is 0 Å². The van der Waals surface area contributed by atoms with Crippen LogP contribution in [-0.4, -0.2) is 37.2 Å². The molecule has 0 rings (SSSR count). The van der Waals surface area contributed by atoms with E-state index in [1.165, 1.54) is 231 Å². The highest BCUT2D eigenvalue weighted by molar-refractivity contribution is 5.71. The molecule has 0 aliphatic rings. The number of carbonyl (C=O) groups is 3. The van der Waals surface area contributed by atoms with Crippen LogP contribution in [-0.2, 0) is 28.6 Å². The highest BCUT2D eigenvalue weighted by atomic mass is 16.6. The Kier molecular flexibility index (Phi) is 61.2. The van der Waals surface area contributed by atoms with Gasteiger partial charge in [-0.25, -0.2) is 0 Å². The fourth-order valence-electron chi connectivity index (χ4n) is 9.50. The summed E-state index contributed by atoms with van der Waals surface area (Å²) in [4.78, 5) is 38.4. The maximum absolute atomic E-state index is 12.9. The van der Waals surface area contributed by atoms with Crippen molar-refractivity contribution in [2.45, 2.75) is 348 Å². The highest BCUT2D eigenvalue weighted by Crippen LogP contribution is 2.16. The molecule has 0 aromatic carbocycles. The minimum Gasteiger partial charge on any atom is -0.462 e. The Morgan fingerprint density at radius 1 is 0.267 bits per heavy atom. The van der Waals surface area contributed by atoms with Gasteiger partial charge in [0, 0.05) is 19.3 Å². The van der Waals surface area contributed by atoms with Crippen LogP contribution in [0, 0.1) is 0 Å². The number of carbonyl (C=O) groups excluding carboxylic acids is 3. The monoisotopic (exact) mass is 1050 g/mol. The van der Waals surface area contributed by atoms with Gasteiger partial charge in [0.1, 0.15) is 13.2 Å². The van der Waals surface area contributed by atoms with E-state index in [0.29, 0.717) is 19.3 Å². The van der Waals surface area contributed by atoms with Crippen molar-refractivity contribution < 1.29 is 28.6 Å². The Labute approximate surface area is 466 Å². The van der Waals surface area contributed by atoms with Crippen LogP contribution in [0.1, 0.15) is 342 Å². The molecule has 0 spiro atoms. The average molecular weight is 1050 g/mol. The maximum Gasteiger partial charge on any atom is 0.306 e. The molecule has 75 heavy (non-hydrogen) atoms. The molecule has 0 heterocycles. The van der Waals surface area contributed by atoms with E-state index in [1.54, 1.807) is 0 Å². The van der Waals surface area contributed by atoms with E-state index in [0.717, 1.165) is 70.6 Å². The van der Waals surface area contributed by atoms with Crippen molar-refractivity contribution >= 4 is 17.9 Å². The molecule has 0 N–H and O–H groups in total. The molecular formula is C69H124O6. The van der Waals surface area contributed by atoms with Crippen LogP contribution in [0.15, 0.2) is 60.8 Å². The van der Waals surface area contributed by atoms with E-state index < -0.39 is 6.10 Å². The van der Waals surface area contributed by atoms with Crippen molar-refractivity contribution in [1.82, 2.24) is 0 Å². The third-order valence-electron chi connectivity index (χ3n) is 14.5. The number of unbranched alkanes of at least 4 members (excludes halogenated alkanes) is 39. The lowest BCUT2D eigenvalue weighted by Gasteiger charge is -2.18. The van der Waals surface area contributed by atoms with Crippen molar-refractivity contribution in [2.75, 3.05) is 13.2 Å². The second-order valence-corrected chi connectivity index (χ2v) is 22.0. The van der Waals surface area contributed by atoms with Crippen LogP contribution < -0.4 is 0 Å². The fraction of sp³-hybridized carbons (Fsp3) is 0.812. The first-order chi connectivity index (χ1) is 37.0. The summed E-state index contributed by atoms with van der Waals surface area (Å²) in [6, 6.07) is 0. The van der Waals surface area contributed by atoms with E-state index in [-0.39, 0.29) is 31.1 Å². The summed E-state index contributed by atoms with van der Waals surface area (Å²) in [6.07, 6.45) is 80.7. The molecule has 0 amide bonds. The Morgan fingerprint density at radius 3 is 0.773 bits per heavy atom. The predicted molar refractivity (Wildman–Crippen MR) is 325 cm³/mol. The summed E-state index contributed by atoms with van der Waals surface area (Å²) >= 11 is 0. The number of allylic oxidation sites excluding steroid dienone is 10. The van der Waals surface area contributed by atoms with Gasteiger partial charge in [-0.1, -0.05) is 274 Å². The van der Waals surface area contributed by atoms with Crippen molar-refractivity contribution in [2.24, 2.45) is 0 Å². The van der Waals surface area contributed by atoms with Crippen molar-refractivity contribution in [3.8, 4) is 0 Å². The van der Waals surface area contributed by atoms with Crippen LogP contribution in [0.5, 0.6) is 0 Å². The molecule has 0 saturated heterocycles. The zero-order valence-electron chi connectivity index (χ0n) is 50.1. The predicted octanol–water partition coefficient (Wildman–Crippen LogP) is 22.3. The first-order valence-corrected chi connectivity index (χ1v) is 32.8. The number of rotatable bonds is 60. The van der Waals surface area contributed by atoms with E-state index in [1.807, 2.05) is 0 Å². The summed E-state index contributed by atoms with van der Waals surface area (Å²) in [5, 5.41) is 0. The van der Waals surface area contributed by atoms with Gasteiger partial charge in [0.2, 0.25) is 0 Å². The lowest BCUT2D eigenvalue weighted by molar-refractivity contribution is -0.167. The molecule has 1 atom stereocenters. The van der Waals surface area contributed by atoms with Crippen molar-refractivity contribution in [3.63, 3.8) is 0 Å². The quantitative estimate of drug-likeness (QED) is 0.0261. The first-order valence-electron chi connectivity index (χ1n) is 32.8. The van der Waals surface area contributed by atoms with Gasteiger partial charge in [0.25, 0.3) is 0 Å². The molecule has 0 aliphatic heterocycles. The molecule has 6 nitrogen and oxygen atoms in total. The van der Waals surface area contributed by atoms with Gasteiger partial charge in [0.05, 0.1) is 0 Å². The third-order valence-corrected chi connectivity index (χ3v) is 14.5. The number of hydrogen-bond donors (Lipinski definition) is 0. The van der Waals surface area contributed by atoms with Gasteiger partial charge >= 0.3 is 17.9 Å². The third kappa shape index (κ3) is 61.8. The molecule has 0 bridgehead atoms. The summed E-state index contributed by atoms with van der Waals surface area (Å²) in [6.45, 7) is 6.64. The summed E-state index contributed by atoms with van der Waals surface area (Å²) in [5.74, 6) is -0.872. The standard InChI is InChI=1S/C69H124O6/c1-4-7-10-13-16-19-22-25-28-31-33-34-36-38-41-44-47-50-53-56-59-62-68(71)74-65-66(64-73-67(70)61-58-55-52-49-46-43-40-37-30-27-24-21-18-15-12-9-6-3)75-69(72)63-60-57-54-51-48-45-42-39-35-32-29-26-23-20-17-14-11-8-5-2/h17,20,22,25-27,29-31,33,66H,4-16,18-19,21,23-24,28,32,34-65H2,1-3H3/b20-17-,25-22-,29-26-,30-27-,33-31-. The molecule has 0 aromatic rings. The fourth-order valence-corrected chi connectivity index (χ4v) is 9.50. The normalized spacial score (nSPS) is 12.4. The molecule has 0 radical (unpaired) electrons. The SMILES string of the molecule is CCCCC/C=C\C/C=C\CCCCCCCCCCCC(=O)OC(COC(=O)CCCCCCCCC/C=C\CCCCCCCC)COC(=O)CCCCCCCCCCC/C=C\C/C=C\CCCCCCC. The van der Waals surface area contributed by atoms with Gasteiger partial charge in [-0.3, -0.25) is 14.4 Å². The highest BCUT2D eigenvalue weighted by Gasteiger charge is 2.19. The van der Waals surface area contributed by atoms with E-state index in [9.17, 15) is 14.4 Å². The second-order valence-electron chi connectivity index (χ2n) is 22.0. The summed E-state index contributed by atoms with van der Waals surface area (Å²) in [7, 11) is 0. The smallest absolute Gasteiger partial charge is 0.306 e. The van der Waals surface area contributed by atoms with Crippen LogP contribution in [0.2, 0.25) is 0 Å². The topological polar surface area (TPSA) is 78.9 Å². The van der Waals surface area contributed by atoms with Crippen molar-refractivity contribution in [3.05, 3.63) is 60.8 Å². The number of esters is 3. The molecule has 6 heteroatoms. The Hall–Kier alpha value is -2.89.